The van der Waals surface area contributed by atoms with Gasteiger partial charge in [0.2, 0.25) is 0 Å². The predicted octanol–water partition coefficient (Wildman–Crippen LogP) is 2.99. The van der Waals surface area contributed by atoms with Crippen LogP contribution in [0.3, 0.4) is 0 Å². The minimum atomic E-state index is 0.576. The third kappa shape index (κ3) is 2.12. The molecule has 0 aromatic carbocycles. The van der Waals surface area contributed by atoms with Crippen LogP contribution in [0.1, 0.15) is 68.6 Å². The maximum absolute atomic E-state index is 5.05. The molecule has 2 aliphatic carbocycles. The van der Waals surface area contributed by atoms with Crippen LogP contribution in [0.15, 0.2) is 0 Å². The number of aromatic nitrogens is 2. The van der Waals surface area contributed by atoms with Crippen molar-refractivity contribution < 1.29 is 0 Å². The molecule has 1 N–H and O–H groups in total. The summed E-state index contributed by atoms with van der Waals surface area (Å²) in [6.07, 6.45) is 9.51. The van der Waals surface area contributed by atoms with E-state index in [-0.39, 0.29) is 0 Å². The summed E-state index contributed by atoms with van der Waals surface area (Å²) in [5, 5.41) is 3.47. The molecular weight excluding hydrogens is 234 g/mol. The molecule has 0 amide bonds. The van der Waals surface area contributed by atoms with Crippen LogP contribution in [-0.4, -0.2) is 16.1 Å². The van der Waals surface area contributed by atoms with E-state index in [9.17, 15) is 0 Å². The minimum Gasteiger partial charge on any atom is -0.331 e. The van der Waals surface area contributed by atoms with Crippen LogP contribution in [0.5, 0.6) is 0 Å². The number of nitrogens with one attached hydrogen (secondary N) is 1. The van der Waals surface area contributed by atoms with Gasteiger partial charge in [0.15, 0.2) is 0 Å². The summed E-state index contributed by atoms with van der Waals surface area (Å²) in [6.45, 7) is 5.78. The molecule has 19 heavy (non-hydrogen) atoms. The summed E-state index contributed by atoms with van der Waals surface area (Å²) in [5.41, 5.74) is 3.47. The molecule has 0 radical (unpaired) electrons. The van der Waals surface area contributed by atoms with E-state index >= 15 is 0 Å². The van der Waals surface area contributed by atoms with Crippen molar-refractivity contribution in [3.05, 3.63) is 17.2 Å². The van der Waals surface area contributed by atoms with Crippen molar-refractivity contribution >= 4 is 0 Å². The van der Waals surface area contributed by atoms with Crippen LogP contribution < -0.4 is 5.32 Å². The van der Waals surface area contributed by atoms with Gasteiger partial charge in [-0.05, 0) is 31.1 Å². The molecule has 3 nitrogen and oxygen atoms in total. The molecule has 0 atom stereocenters. The van der Waals surface area contributed by atoms with Gasteiger partial charge in [-0.15, -0.1) is 0 Å². The molecule has 0 unspecified atom stereocenters. The molecule has 1 aromatic rings. The van der Waals surface area contributed by atoms with E-state index < -0.39 is 0 Å². The third-order valence-electron chi connectivity index (χ3n) is 5.38. The fourth-order valence-electron chi connectivity index (χ4n) is 3.82. The number of fused-ring (bicyclic) bond motifs is 1. The summed E-state index contributed by atoms with van der Waals surface area (Å²) in [6, 6.07) is 0. The maximum atomic E-state index is 5.05. The van der Waals surface area contributed by atoms with Crippen LogP contribution in [0.4, 0.5) is 0 Å². The van der Waals surface area contributed by atoms with Crippen LogP contribution in [-0.2, 0) is 19.5 Å². The normalized spacial score (nSPS) is 25.5. The zero-order chi connectivity index (χ0) is 12.9. The Morgan fingerprint density at radius 2 is 2.11 bits per heavy atom. The Kier molecular flexibility index (Phi) is 2.73. The molecule has 0 saturated heterocycles. The van der Waals surface area contributed by atoms with Gasteiger partial charge in [0.1, 0.15) is 5.82 Å². The van der Waals surface area contributed by atoms with Crippen LogP contribution >= 0.6 is 0 Å². The van der Waals surface area contributed by atoms with Gasteiger partial charge < -0.3 is 9.88 Å². The second-order valence-corrected chi connectivity index (χ2v) is 7.17. The number of rotatable bonds is 3. The lowest BCUT2D eigenvalue weighted by atomic mass is 10.1. The van der Waals surface area contributed by atoms with Crippen molar-refractivity contribution in [3.8, 4) is 0 Å². The molecule has 0 bridgehead atoms. The molecule has 3 heteroatoms. The summed E-state index contributed by atoms with van der Waals surface area (Å²) in [5.74, 6) is 2.17. The average molecular weight is 259 g/mol. The molecular formula is C16H25N3. The van der Waals surface area contributed by atoms with Gasteiger partial charge in [-0.1, -0.05) is 19.8 Å². The van der Waals surface area contributed by atoms with Gasteiger partial charge in [0.25, 0.3) is 0 Å². The summed E-state index contributed by atoms with van der Waals surface area (Å²) >= 11 is 0. The quantitative estimate of drug-likeness (QED) is 0.904. The van der Waals surface area contributed by atoms with Gasteiger partial charge in [-0.2, -0.15) is 0 Å². The Balaban J connectivity index is 1.72. The Labute approximate surface area is 115 Å². The smallest absolute Gasteiger partial charge is 0.112 e. The fourth-order valence-corrected chi connectivity index (χ4v) is 3.82. The molecule has 3 aliphatic rings. The Bertz CT molecular complexity index is 478. The summed E-state index contributed by atoms with van der Waals surface area (Å²) in [7, 11) is 0. The minimum absolute atomic E-state index is 0.576. The third-order valence-corrected chi connectivity index (χ3v) is 5.38. The van der Waals surface area contributed by atoms with Crippen molar-refractivity contribution in [2.75, 3.05) is 6.54 Å². The van der Waals surface area contributed by atoms with Crippen LogP contribution in [0, 0.1) is 5.41 Å². The first-order valence-electron chi connectivity index (χ1n) is 8.04. The van der Waals surface area contributed by atoms with E-state index in [0.29, 0.717) is 5.41 Å². The highest BCUT2D eigenvalue weighted by Crippen LogP contribution is 2.48. The van der Waals surface area contributed by atoms with E-state index in [1.54, 1.807) is 5.69 Å². The lowest BCUT2D eigenvalue weighted by Gasteiger charge is -2.20. The molecule has 0 spiro atoms. The van der Waals surface area contributed by atoms with E-state index in [1.165, 1.54) is 63.0 Å². The van der Waals surface area contributed by atoms with Gasteiger partial charge in [0, 0.05) is 37.7 Å². The average Bonchev–Trinajstić information content (AvgIpc) is 2.84. The lowest BCUT2D eigenvalue weighted by Crippen LogP contribution is -2.26. The van der Waals surface area contributed by atoms with Crippen molar-refractivity contribution in [1.29, 1.82) is 0 Å². The summed E-state index contributed by atoms with van der Waals surface area (Å²) in [4.78, 5) is 5.05. The standard InChI is InChI=1S/C16H25N3/c1-16(7-8-16)11-19-14-6-9-17-10-13(14)18-15(19)12-4-2-3-5-12/h12,17H,2-11H2,1H3. The van der Waals surface area contributed by atoms with Crippen molar-refractivity contribution in [1.82, 2.24) is 14.9 Å². The zero-order valence-corrected chi connectivity index (χ0v) is 12.0. The van der Waals surface area contributed by atoms with Gasteiger partial charge in [-0.3, -0.25) is 0 Å². The van der Waals surface area contributed by atoms with Crippen molar-refractivity contribution in [2.24, 2.45) is 5.41 Å². The molecule has 2 fully saturated rings. The second-order valence-electron chi connectivity index (χ2n) is 7.17. The SMILES string of the molecule is CC1(Cn2c(C3CCCC3)nc3c2CCNC3)CC1. The largest absolute Gasteiger partial charge is 0.331 e. The first kappa shape index (κ1) is 12.0. The summed E-state index contributed by atoms with van der Waals surface area (Å²) < 4.78 is 2.64. The van der Waals surface area contributed by atoms with Crippen molar-refractivity contribution in [2.45, 2.75) is 70.9 Å². The topological polar surface area (TPSA) is 29.9 Å². The van der Waals surface area contributed by atoms with Gasteiger partial charge in [0.05, 0.1) is 5.69 Å². The molecule has 1 aliphatic heterocycles. The van der Waals surface area contributed by atoms with Gasteiger partial charge >= 0.3 is 0 Å². The first-order chi connectivity index (χ1) is 9.25. The predicted molar refractivity (Wildman–Crippen MR) is 76.2 cm³/mol. The van der Waals surface area contributed by atoms with Crippen LogP contribution in [0.2, 0.25) is 0 Å². The van der Waals surface area contributed by atoms with E-state index in [4.69, 9.17) is 4.98 Å². The Hall–Kier alpha value is -0.830. The van der Waals surface area contributed by atoms with Gasteiger partial charge in [-0.25, -0.2) is 4.98 Å². The molecule has 104 valence electrons. The maximum Gasteiger partial charge on any atom is 0.112 e. The Morgan fingerprint density at radius 3 is 2.84 bits per heavy atom. The fraction of sp³-hybridized carbons (Fsp3) is 0.812. The zero-order valence-electron chi connectivity index (χ0n) is 12.0. The number of hydrogen-bond donors (Lipinski definition) is 1. The Morgan fingerprint density at radius 1 is 1.32 bits per heavy atom. The molecule has 2 saturated carbocycles. The molecule has 1 aromatic heterocycles. The monoisotopic (exact) mass is 259 g/mol. The lowest BCUT2D eigenvalue weighted by molar-refractivity contribution is 0.428. The highest BCUT2D eigenvalue weighted by atomic mass is 15.1. The first-order valence-corrected chi connectivity index (χ1v) is 8.04. The molecule has 2 heterocycles. The highest BCUT2D eigenvalue weighted by molar-refractivity contribution is 5.23. The highest BCUT2D eigenvalue weighted by Gasteiger charge is 2.39. The van der Waals surface area contributed by atoms with E-state index in [0.717, 1.165) is 19.0 Å². The number of hydrogen-bond acceptors (Lipinski definition) is 2. The van der Waals surface area contributed by atoms with Crippen molar-refractivity contribution in [3.63, 3.8) is 0 Å². The van der Waals surface area contributed by atoms with E-state index in [1.807, 2.05) is 0 Å². The molecule has 4 rings (SSSR count). The number of nitrogens with zero attached hydrogens (tertiary/aromatic N) is 2. The number of imidazole rings is 1. The second kappa shape index (κ2) is 4.34. The van der Waals surface area contributed by atoms with Crippen LogP contribution in [0.25, 0.3) is 0 Å². The van der Waals surface area contributed by atoms with E-state index in [2.05, 4.69) is 16.8 Å².